The highest BCUT2D eigenvalue weighted by atomic mass is 35.5. The van der Waals surface area contributed by atoms with Gasteiger partial charge in [0, 0.05) is 23.1 Å². The molecule has 0 aliphatic heterocycles. The van der Waals surface area contributed by atoms with E-state index in [2.05, 4.69) is 10.3 Å². The van der Waals surface area contributed by atoms with Gasteiger partial charge in [-0.25, -0.2) is 4.98 Å². The summed E-state index contributed by atoms with van der Waals surface area (Å²) in [6, 6.07) is 16.1. The average Bonchev–Trinajstić information content (AvgIpc) is 3.04. The van der Waals surface area contributed by atoms with Crippen LogP contribution in [-0.2, 0) is 4.79 Å². The van der Waals surface area contributed by atoms with Crippen molar-refractivity contribution in [1.82, 2.24) is 9.55 Å². The van der Waals surface area contributed by atoms with Crippen LogP contribution in [0.1, 0.15) is 11.6 Å². The normalized spacial score (nSPS) is 11.9. The zero-order chi connectivity index (χ0) is 15.4. The number of anilines is 1. The Morgan fingerprint density at radius 1 is 1.09 bits per heavy atom. The summed E-state index contributed by atoms with van der Waals surface area (Å²) < 4.78 is 1.77. The zero-order valence-electron chi connectivity index (χ0n) is 11.7. The van der Waals surface area contributed by atoms with Gasteiger partial charge in [-0.2, -0.15) is 0 Å². The second-order valence-electron chi connectivity index (χ2n) is 4.82. The summed E-state index contributed by atoms with van der Waals surface area (Å²) >= 11 is 5.93. The lowest BCUT2D eigenvalue weighted by molar-refractivity contribution is -0.118. The summed E-state index contributed by atoms with van der Waals surface area (Å²) in [4.78, 5) is 16.7. The van der Waals surface area contributed by atoms with E-state index in [0.717, 1.165) is 11.3 Å². The Hall–Kier alpha value is -2.59. The van der Waals surface area contributed by atoms with E-state index in [1.807, 2.05) is 42.5 Å². The van der Waals surface area contributed by atoms with Crippen LogP contribution < -0.4 is 5.32 Å². The Labute approximate surface area is 133 Å². The number of para-hydroxylation sites is 1. The SMILES string of the molecule is O=C(Nc1ccccc1)[C@@H](c1ccc(Cl)cc1)n1ccnc1. The first-order valence-electron chi connectivity index (χ1n) is 6.83. The van der Waals surface area contributed by atoms with Crippen LogP contribution in [0, 0.1) is 0 Å². The van der Waals surface area contributed by atoms with Crippen molar-refractivity contribution < 1.29 is 4.79 Å². The summed E-state index contributed by atoms with van der Waals surface area (Å²) in [6.45, 7) is 0. The average molecular weight is 312 g/mol. The molecule has 1 heterocycles. The van der Waals surface area contributed by atoms with Crippen molar-refractivity contribution in [2.75, 3.05) is 5.32 Å². The number of imidazole rings is 1. The topological polar surface area (TPSA) is 46.9 Å². The molecule has 3 rings (SSSR count). The van der Waals surface area contributed by atoms with Gasteiger partial charge < -0.3 is 9.88 Å². The standard InChI is InChI=1S/C17H14ClN3O/c18-14-8-6-13(7-9-14)16(21-11-10-19-12-21)17(22)20-15-4-2-1-3-5-15/h1-12,16H,(H,20,22)/t16-/m1/s1. The Balaban J connectivity index is 1.92. The minimum atomic E-state index is -0.500. The molecule has 1 N–H and O–H groups in total. The van der Waals surface area contributed by atoms with E-state index < -0.39 is 6.04 Å². The van der Waals surface area contributed by atoms with E-state index in [4.69, 9.17) is 11.6 Å². The van der Waals surface area contributed by atoms with Crippen molar-refractivity contribution in [3.63, 3.8) is 0 Å². The van der Waals surface area contributed by atoms with Gasteiger partial charge in [-0.15, -0.1) is 0 Å². The van der Waals surface area contributed by atoms with Crippen LogP contribution in [0.15, 0.2) is 73.3 Å². The van der Waals surface area contributed by atoms with Crippen molar-refractivity contribution in [2.45, 2.75) is 6.04 Å². The van der Waals surface area contributed by atoms with E-state index >= 15 is 0 Å². The molecule has 0 spiro atoms. The van der Waals surface area contributed by atoms with Gasteiger partial charge >= 0.3 is 0 Å². The molecular weight excluding hydrogens is 298 g/mol. The van der Waals surface area contributed by atoms with Crippen LogP contribution in [0.2, 0.25) is 5.02 Å². The minimum absolute atomic E-state index is 0.133. The molecule has 0 aliphatic carbocycles. The number of rotatable bonds is 4. The third-order valence-corrected chi connectivity index (χ3v) is 3.55. The van der Waals surface area contributed by atoms with Crippen LogP contribution in [0.25, 0.3) is 0 Å². The predicted molar refractivity (Wildman–Crippen MR) is 86.9 cm³/mol. The van der Waals surface area contributed by atoms with E-state index in [0.29, 0.717) is 5.02 Å². The molecule has 0 saturated carbocycles. The predicted octanol–water partition coefficient (Wildman–Crippen LogP) is 3.76. The summed E-state index contributed by atoms with van der Waals surface area (Å²) in [6.07, 6.45) is 5.05. The first kappa shape index (κ1) is 14.4. The highest BCUT2D eigenvalue weighted by Crippen LogP contribution is 2.22. The fourth-order valence-electron chi connectivity index (χ4n) is 2.26. The number of hydrogen-bond donors (Lipinski definition) is 1. The third-order valence-electron chi connectivity index (χ3n) is 3.30. The number of nitrogens with one attached hydrogen (secondary N) is 1. The van der Waals surface area contributed by atoms with Gasteiger partial charge in [0.2, 0.25) is 0 Å². The molecule has 0 saturated heterocycles. The summed E-state index contributed by atoms with van der Waals surface area (Å²) in [7, 11) is 0. The Morgan fingerprint density at radius 2 is 1.82 bits per heavy atom. The largest absolute Gasteiger partial charge is 0.324 e. The van der Waals surface area contributed by atoms with Gasteiger partial charge in [0.25, 0.3) is 5.91 Å². The summed E-state index contributed by atoms with van der Waals surface area (Å²) in [5.74, 6) is -0.133. The number of carbonyl (C=O) groups excluding carboxylic acids is 1. The maximum atomic E-state index is 12.7. The van der Waals surface area contributed by atoms with Crippen molar-refractivity contribution in [3.05, 3.63) is 83.9 Å². The van der Waals surface area contributed by atoms with E-state index in [1.165, 1.54) is 0 Å². The number of nitrogens with zero attached hydrogens (tertiary/aromatic N) is 2. The van der Waals surface area contributed by atoms with Gasteiger partial charge in [-0.3, -0.25) is 4.79 Å². The number of halogens is 1. The van der Waals surface area contributed by atoms with Crippen molar-refractivity contribution >= 4 is 23.2 Å². The molecule has 110 valence electrons. The molecule has 1 amide bonds. The molecule has 4 nitrogen and oxygen atoms in total. The zero-order valence-corrected chi connectivity index (χ0v) is 12.4. The van der Waals surface area contributed by atoms with Gasteiger partial charge in [0.05, 0.1) is 6.33 Å². The molecule has 0 unspecified atom stereocenters. The minimum Gasteiger partial charge on any atom is -0.324 e. The molecule has 22 heavy (non-hydrogen) atoms. The van der Waals surface area contributed by atoms with Crippen LogP contribution in [0.4, 0.5) is 5.69 Å². The first-order chi connectivity index (χ1) is 10.7. The maximum absolute atomic E-state index is 12.7. The highest BCUT2D eigenvalue weighted by Gasteiger charge is 2.22. The van der Waals surface area contributed by atoms with Crippen LogP contribution >= 0.6 is 11.6 Å². The Kier molecular flexibility index (Phi) is 4.21. The molecule has 0 fully saturated rings. The fraction of sp³-hybridized carbons (Fsp3) is 0.0588. The Bertz CT molecular complexity index is 739. The van der Waals surface area contributed by atoms with Crippen molar-refractivity contribution in [1.29, 1.82) is 0 Å². The summed E-state index contributed by atoms with van der Waals surface area (Å²) in [5.41, 5.74) is 1.60. The molecule has 0 aliphatic rings. The van der Waals surface area contributed by atoms with Crippen LogP contribution in [0.3, 0.4) is 0 Å². The molecule has 5 heteroatoms. The van der Waals surface area contributed by atoms with E-state index in [-0.39, 0.29) is 5.91 Å². The van der Waals surface area contributed by atoms with Crippen LogP contribution in [0.5, 0.6) is 0 Å². The number of carbonyl (C=O) groups is 1. The second-order valence-corrected chi connectivity index (χ2v) is 5.26. The molecular formula is C17H14ClN3O. The molecule has 1 aromatic heterocycles. The smallest absolute Gasteiger partial charge is 0.252 e. The summed E-state index contributed by atoms with van der Waals surface area (Å²) in [5, 5.41) is 3.56. The van der Waals surface area contributed by atoms with Gasteiger partial charge in [-0.05, 0) is 29.8 Å². The Morgan fingerprint density at radius 3 is 2.45 bits per heavy atom. The van der Waals surface area contributed by atoms with Crippen molar-refractivity contribution in [2.24, 2.45) is 0 Å². The lowest BCUT2D eigenvalue weighted by atomic mass is 10.1. The van der Waals surface area contributed by atoms with Gasteiger partial charge in [0.15, 0.2) is 0 Å². The first-order valence-corrected chi connectivity index (χ1v) is 7.20. The lowest BCUT2D eigenvalue weighted by Gasteiger charge is -2.18. The van der Waals surface area contributed by atoms with Gasteiger partial charge in [-0.1, -0.05) is 41.9 Å². The molecule has 2 aromatic carbocycles. The van der Waals surface area contributed by atoms with E-state index in [1.54, 1.807) is 35.4 Å². The molecule has 0 radical (unpaired) electrons. The maximum Gasteiger partial charge on any atom is 0.252 e. The lowest BCUT2D eigenvalue weighted by Crippen LogP contribution is -2.26. The third kappa shape index (κ3) is 3.18. The quantitative estimate of drug-likeness (QED) is 0.797. The second kappa shape index (κ2) is 6.45. The molecule has 3 aromatic rings. The monoisotopic (exact) mass is 311 g/mol. The van der Waals surface area contributed by atoms with Crippen LogP contribution in [-0.4, -0.2) is 15.5 Å². The molecule has 0 bridgehead atoms. The highest BCUT2D eigenvalue weighted by molar-refractivity contribution is 6.30. The molecule has 1 atom stereocenters. The van der Waals surface area contributed by atoms with Crippen molar-refractivity contribution in [3.8, 4) is 0 Å². The number of benzene rings is 2. The number of amides is 1. The van der Waals surface area contributed by atoms with E-state index in [9.17, 15) is 4.79 Å². The van der Waals surface area contributed by atoms with Gasteiger partial charge in [0.1, 0.15) is 6.04 Å². The number of aromatic nitrogens is 2. The fourth-order valence-corrected chi connectivity index (χ4v) is 2.38. The number of hydrogen-bond acceptors (Lipinski definition) is 2.